The van der Waals surface area contributed by atoms with Gasteiger partial charge in [-0.2, -0.15) is 0 Å². The maximum absolute atomic E-state index is 12.3. The zero-order valence-electron chi connectivity index (χ0n) is 14.2. The van der Waals surface area contributed by atoms with E-state index in [2.05, 4.69) is 16.7 Å². The molecule has 24 heavy (non-hydrogen) atoms. The molecule has 126 valence electrons. The van der Waals surface area contributed by atoms with Crippen LogP contribution in [0.15, 0.2) is 48.5 Å². The molecule has 2 atom stereocenters. The predicted octanol–water partition coefficient (Wildman–Crippen LogP) is 2.89. The van der Waals surface area contributed by atoms with Gasteiger partial charge in [0, 0.05) is 0 Å². The van der Waals surface area contributed by atoms with Crippen LogP contribution < -0.4 is 16.4 Å². The predicted molar refractivity (Wildman–Crippen MR) is 94.4 cm³/mol. The fraction of sp³-hybridized carbons (Fsp3) is 0.263. The number of benzene rings is 2. The highest BCUT2D eigenvalue weighted by Crippen LogP contribution is 2.17. The summed E-state index contributed by atoms with van der Waals surface area (Å²) in [6.45, 7) is 5.93. The van der Waals surface area contributed by atoms with Crippen molar-refractivity contribution in [3.05, 3.63) is 70.8 Å². The van der Waals surface area contributed by atoms with E-state index < -0.39 is 18.0 Å². The Morgan fingerprint density at radius 3 is 2.04 bits per heavy atom. The van der Waals surface area contributed by atoms with Gasteiger partial charge < -0.3 is 16.4 Å². The number of hydrogen-bond donors (Lipinski definition) is 3. The summed E-state index contributed by atoms with van der Waals surface area (Å²) in [5.74, 6) is -0.601. The molecule has 0 spiro atoms. The Bertz CT molecular complexity index is 708. The average Bonchev–Trinajstić information content (AvgIpc) is 2.52. The van der Waals surface area contributed by atoms with Crippen LogP contribution in [0.4, 0.5) is 4.79 Å². The molecular formula is C19H23N3O2. The Labute approximate surface area is 142 Å². The van der Waals surface area contributed by atoms with Crippen LogP contribution in [0.3, 0.4) is 0 Å². The van der Waals surface area contributed by atoms with E-state index in [0.717, 1.165) is 16.7 Å². The Morgan fingerprint density at radius 1 is 0.917 bits per heavy atom. The van der Waals surface area contributed by atoms with E-state index in [4.69, 9.17) is 5.73 Å². The molecule has 2 aromatic rings. The minimum absolute atomic E-state index is 0.187. The van der Waals surface area contributed by atoms with Crippen molar-refractivity contribution in [3.8, 4) is 0 Å². The van der Waals surface area contributed by atoms with Gasteiger partial charge >= 0.3 is 6.03 Å². The number of primary amides is 1. The second kappa shape index (κ2) is 7.64. The van der Waals surface area contributed by atoms with Crippen LogP contribution in [0.1, 0.15) is 41.3 Å². The van der Waals surface area contributed by atoms with E-state index in [1.165, 1.54) is 0 Å². The van der Waals surface area contributed by atoms with Crippen LogP contribution in [0.2, 0.25) is 0 Å². The second-order valence-electron chi connectivity index (χ2n) is 6.01. The van der Waals surface area contributed by atoms with Gasteiger partial charge in [-0.1, -0.05) is 59.7 Å². The highest BCUT2D eigenvalue weighted by atomic mass is 16.2. The lowest BCUT2D eigenvalue weighted by Crippen LogP contribution is -2.43. The number of carbonyl (C=O) groups is 2. The standard InChI is InChI=1S/C19H23N3O2/c1-12-9-13(2)11-16(10-12)14(3)21-19(24)22-17(18(20)23)15-7-5-4-6-8-15/h4-11,14,17H,1-3H3,(H2,20,23)(H2,21,22,24)/t14-,17-/m0/s1. The fourth-order valence-corrected chi connectivity index (χ4v) is 2.68. The van der Waals surface area contributed by atoms with Crippen LogP contribution in [0.25, 0.3) is 0 Å². The molecule has 5 nitrogen and oxygen atoms in total. The molecule has 0 aromatic heterocycles. The minimum Gasteiger partial charge on any atom is -0.368 e. The Morgan fingerprint density at radius 2 is 1.50 bits per heavy atom. The van der Waals surface area contributed by atoms with E-state index in [9.17, 15) is 9.59 Å². The van der Waals surface area contributed by atoms with Crippen molar-refractivity contribution in [1.82, 2.24) is 10.6 Å². The zero-order valence-corrected chi connectivity index (χ0v) is 14.2. The summed E-state index contributed by atoms with van der Waals surface area (Å²) in [7, 11) is 0. The van der Waals surface area contributed by atoms with Crippen LogP contribution in [-0.2, 0) is 4.79 Å². The second-order valence-corrected chi connectivity index (χ2v) is 6.01. The summed E-state index contributed by atoms with van der Waals surface area (Å²) in [6, 6.07) is 13.6. The van der Waals surface area contributed by atoms with E-state index >= 15 is 0 Å². The molecule has 4 N–H and O–H groups in total. The van der Waals surface area contributed by atoms with E-state index in [0.29, 0.717) is 5.56 Å². The van der Waals surface area contributed by atoms with Crippen molar-refractivity contribution in [3.63, 3.8) is 0 Å². The molecule has 0 aliphatic rings. The molecule has 2 aromatic carbocycles. The molecule has 0 unspecified atom stereocenters. The number of hydrogen-bond acceptors (Lipinski definition) is 2. The van der Waals surface area contributed by atoms with Crippen molar-refractivity contribution in [2.45, 2.75) is 32.9 Å². The molecule has 0 bridgehead atoms. The van der Waals surface area contributed by atoms with Crippen molar-refractivity contribution >= 4 is 11.9 Å². The Kier molecular flexibility index (Phi) is 5.58. The molecule has 0 fully saturated rings. The summed E-state index contributed by atoms with van der Waals surface area (Å²) in [6.07, 6.45) is 0. The van der Waals surface area contributed by atoms with Crippen molar-refractivity contribution in [1.29, 1.82) is 0 Å². The van der Waals surface area contributed by atoms with Crippen molar-refractivity contribution in [2.24, 2.45) is 5.73 Å². The summed E-state index contributed by atoms with van der Waals surface area (Å²) in [4.78, 5) is 23.9. The van der Waals surface area contributed by atoms with Gasteiger partial charge in [0.05, 0.1) is 6.04 Å². The first kappa shape index (κ1) is 17.5. The lowest BCUT2D eigenvalue weighted by molar-refractivity contribution is -0.119. The van der Waals surface area contributed by atoms with Crippen LogP contribution in [0.5, 0.6) is 0 Å². The fourth-order valence-electron chi connectivity index (χ4n) is 2.68. The summed E-state index contributed by atoms with van der Waals surface area (Å²) in [5, 5.41) is 5.49. The summed E-state index contributed by atoms with van der Waals surface area (Å²) >= 11 is 0. The Balaban J connectivity index is 2.07. The minimum atomic E-state index is -0.863. The molecule has 0 heterocycles. The zero-order chi connectivity index (χ0) is 17.7. The van der Waals surface area contributed by atoms with Crippen LogP contribution in [0, 0.1) is 13.8 Å². The SMILES string of the molecule is Cc1cc(C)cc([C@H](C)NC(=O)N[C@H](C(N)=O)c2ccccc2)c1. The number of aryl methyl sites for hydroxylation is 2. The third kappa shape index (κ3) is 4.59. The van der Waals surface area contributed by atoms with Gasteiger partial charge in [0.2, 0.25) is 5.91 Å². The van der Waals surface area contributed by atoms with Crippen molar-refractivity contribution < 1.29 is 9.59 Å². The number of nitrogens with two attached hydrogens (primary N) is 1. The Hall–Kier alpha value is -2.82. The molecule has 2 rings (SSSR count). The lowest BCUT2D eigenvalue weighted by atomic mass is 10.0. The van der Waals surface area contributed by atoms with Gasteiger partial charge in [0.1, 0.15) is 6.04 Å². The number of urea groups is 1. The smallest absolute Gasteiger partial charge is 0.316 e. The molecule has 0 saturated carbocycles. The molecule has 0 aliphatic carbocycles. The molecule has 0 aliphatic heterocycles. The van der Waals surface area contributed by atoms with Crippen molar-refractivity contribution in [2.75, 3.05) is 0 Å². The van der Waals surface area contributed by atoms with Gasteiger partial charge in [0.15, 0.2) is 0 Å². The number of nitrogens with one attached hydrogen (secondary N) is 2. The summed E-state index contributed by atoms with van der Waals surface area (Å²) in [5.41, 5.74) is 9.36. The highest BCUT2D eigenvalue weighted by molar-refractivity contribution is 5.87. The quantitative estimate of drug-likeness (QED) is 0.789. The number of rotatable bonds is 5. The highest BCUT2D eigenvalue weighted by Gasteiger charge is 2.21. The van der Waals surface area contributed by atoms with Gasteiger partial charge in [-0.3, -0.25) is 4.79 Å². The molecular weight excluding hydrogens is 302 g/mol. The lowest BCUT2D eigenvalue weighted by Gasteiger charge is -2.20. The molecule has 5 heteroatoms. The first-order valence-corrected chi connectivity index (χ1v) is 7.86. The summed E-state index contributed by atoms with van der Waals surface area (Å²) < 4.78 is 0. The molecule has 3 amide bonds. The maximum atomic E-state index is 12.3. The van der Waals surface area contributed by atoms with Crippen LogP contribution >= 0.6 is 0 Å². The van der Waals surface area contributed by atoms with Gasteiger partial charge in [-0.05, 0) is 31.9 Å². The van der Waals surface area contributed by atoms with E-state index in [1.54, 1.807) is 24.3 Å². The first-order chi connectivity index (χ1) is 11.4. The third-order valence-electron chi connectivity index (χ3n) is 3.78. The third-order valence-corrected chi connectivity index (χ3v) is 3.78. The average molecular weight is 325 g/mol. The largest absolute Gasteiger partial charge is 0.368 e. The molecule has 0 saturated heterocycles. The number of carbonyl (C=O) groups excluding carboxylic acids is 2. The van der Waals surface area contributed by atoms with Gasteiger partial charge in [0.25, 0.3) is 0 Å². The van der Waals surface area contributed by atoms with Gasteiger partial charge in [-0.25, -0.2) is 4.79 Å². The monoisotopic (exact) mass is 325 g/mol. The van der Waals surface area contributed by atoms with E-state index in [1.807, 2.05) is 39.0 Å². The topological polar surface area (TPSA) is 84.2 Å². The van der Waals surface area contributed by atoms with E-state index in [-0.39, 0.29) is 6.04 Å². The first-order valence-electron chi connectivity index (χ1n) is 7.86. The molecule has 0 radical (unpaired) electrons. The number of amides is 3. The van der Waals surface area contributed by atoms with Gasteiger partial charge in [-0.15, -0.1) is 0 Å². The van der Waals surface area contributed by atoms with Crippen LogP contribution in [-0.4, -0.2) is 11.9 Å². The maximum Gasteiger partial charge on any atom is 0.316 e. The normalized spacial score (nSPS) is 13.0.